The average Bonchev–Trinajstić information content (AvgIpc) is 3.03. The molecule has 0 bridgehead atoms. The summed E-state index contributed by atoms with van der Waals surface area (Å²) in [6.07, 6.45) is 0. The van der Waals surface area contributed by atoms with Gasteiger partial charge < -0.3 is 0 Å². The Morgan fingerprint density at radius 2 is 1.11 bits per heavy atom. The Hall–Kier alpha value is -2.64. The monoisotopic (exact) mass is 380 g/mol. The van der Waals surface area contributed by atoms with Crippen molar-refractivity contribution in [2.45, 2.75) is 26.7 Å². The molecule has 0 N–H and O–H groups in total. The van der Waals surface area contributed by atoms with E-state index in [1.165, 1.54) is 33.4 Å². The summed E-state index contributed by atoms with van der Waals surface area (Å²) in [5, 5.41) is 1.61. The van der Waals surface area contributed by atoms with Crippen molar-refractivity contribution < 1.29 is 0 Å². The van der Waals surface area contributed by atoms with Crippen LogP contribution in [-0.4, -0.2) is 10.2 Å². The molecule has 1 aliphatic rings. The second-order valence-corrected chi connectivity index (χ2v) is 9.75. The van der Waals surface area contributed by atoms with Crippen LogP contribution < -0.4 is 0 Å². The van der Waals surface area contributed by atoms with Gasteiger partial charge >= 0.3 is 0 Å². The highest BCUT2D eigenvalue weighted by molar-refractivity contribution is 6.29. The molecule has 3 aromatic carbocycles. The molecule has 0 heterocycles. The van der Waals surface area contributed by atoms with E-state index in [4.69, 9.17) is 0 Å². The molecule has 0 spiro atoms. The summed E-state index contributed by atoms with van der Waals surface area (Å²) in [5.41, 5.74) is 8.62. The zero-order chi connectivity index (χ0) is 19.7. The van der Waals surface area contributed by atoms with Crippen LogP contribution in [0.3, 0.4) is 0 Å². The van der Waals surface area contributed by atoms with Crippen molar-refractivity contribution in [1.82, 2.24) is 0 Å². The van der Waals surface area contributed by atoms with E-state index in [2.05, 4.69) is 112 Å². The molecule has 0 saturated carbocycles. The summed E-state index contributed by atoms with van der Waals surface area (Å²) in [6, 6.07) is 33.0. The minimum Gasteiger partial charge on any atom is -0.0759 e. The molecule has 140 valence electrons. The van der Waals surface area contributed by atoms with Gasteiger partial charge in [-0.25, -0.2) is 0 Å². The quantitative estimate of drug-likeness (QED) is 0.484. The number of allylic oxidation sites excluding steroid dienone is 4. The topological polar surface area (TPSA) is 0 Å². The Labute approximate surface area is 172 Å². The van der Waals surface area contributed by atoms with Crippen LogP contribution in [0.1, 0.15) is 43.4 Å². The summed E-state index contributed by atoms with van der Waals surface area (Å²) < 4.78 is 0. The lowest BCUT2D eigenvalue weighted by Crippen LogP contribution is -2.12. The lowest BCUT2D eigenvalue weighted by molar-refractivity contribution is 0.519. The minimum absolute atomic E-state index is 0.103. The first-order valence-corrected chi connectivity index (χ1v) is 11.1. The van der Waals surface area contributed by atoms with Gasteiger partial charge in [0.15, 0.2) is 0 Å². The molecule has 1 aliphatic carbocycles. The van der Waals surface area contributed by atoms with Crippen LogP contribution in [0.2, 0.25) is 0 Å². The van der Waals surface area contributed by atoms with Crippen molar-refractivity contribution >= 4 is 21.4 Å². The summed E-state index contributed by atoms with van der Waals surface area (Å²) in [5.74, 6) is 0.347. The Kier molecular flexibility index (Phi) is 4.95. The van der Waals surface area contributed by atoms with Gasteiger partial charge in [0.25, 0.3) is 0 Å². The zero-order valence-electron chi connectivity index (χ0n) is 17.2. The molecule has 0 radical (unpaired) electrons. The molecule has 0 saturated heterocycles. The van der Waals surface area contributed by atoms with E-state index in [0.29, 0.717) is 5.92 Å². The fourth-order valence-electron chi connectivity index (χ4n) is 4.70. The van der Waals surface area contributed by atoms with Gasteiger partial charge in [0.1, 0.15) is 0 Å². The summed E-state index contributed by atoms with van der Waals surface area (Å²) in [6.45, 7) is 7.08. The number of rotatable bonds is 3. The maximum absolute atomic E-state index is 2.36. The van der Waals surface area contributed by atoms with Crippen LogP contribution in [0.15, 0.2) is 102 Å². The maximum Gasteiger partial charge on any atom is 0.0349 e. The van der Waals surface area contributed by atoms with Crippen LogP contribution >= 0.6 is 0 Å². The summed E-state index contributed by atoms with van der Waals surface area (Å²) in [4.78, 5) is 0. The average molecular weight is 381 g/mol. The van der Waals surface area contributed by atoms with Gasteiger partial charge in [-0.05, 0) is 38.8 Å². The highest BCUT2D eigenvalue weighted by Crippen LogP contribution is 2.55. The van der Waals surface area contributed by atoms with Crippen LogP contribution in [0, 0.1) is 5.41 Å². The van der Waals surface area contributed by atoms with E-state index in [0.717, 1.165) is 10.2 Å². The summed E-state index contributed by atoms with van der Waals surface area (Å²) >= 11 is 0. The molecular formula is C27H28Si. The molecule has 0 nitrogen and oxygen atoms in total. The normalized spacial score (nSPS) is 17.5. The first-order valence-electron chi connectivity index (χ1n) is 10.1. The van der Waals surface area contributed by atoms with Crippen LogP contribution in [0.5, 0.6) is 0 Å². The fraction of sp³-hybridized carbons (Fsp3) is 0.185. The molecular weight excluding hydrogens is 352 g/mol. The Morgan fingerprint density at radius 1 is 0.643 bits per heavy atom. The van der Waals surface area contributed by atoms with Gasteiger partial charge in [-0.15, -0.1) is 0 Å². The third-order valence-electron chi connectivity index (χ3n) is 5.67. The molecule has 0 aromatic heterocycles. The first-order chi connectivity index (χ1) is 13.5. The third kappa shape index (κ3) is 3.31. The van der Waals surface area contributed by atoms with E-state index in [1.54, 1.807) is 5.20 Å². The van der Waals surface area contributed by atoms with E-state index >= 15 is 0 Å². The van der Waals surface area contributed by atoms with Crippen molar-refractivity contribution in [2.75, 3.05) is 0 Å². The zero-order valence-corrected chi connectivity index (χ0v) is 19.2. The lowest BCUT2D eigenvalue weighted by Gasteiger charge is -2.26. The van der Waals surface area contributed by atoms with E-state index < -0.39 is 0 Å². The SMILES string of the molecule is CC(C)(C)C1=C([SiH3])C(c2ccccc2)C(c2ccccc2)=C1c1ccccc1. The largest absolute Gasteiger partial charge is 0.0759 e. The fourth-order valence-corrected chi connectivity index (χ4v) is 6.32. The van der Waals surface area contributed by atoms with Crippen molar-refractivity contribution in [2.24, 2.45) is 5.41 Å². The predicted octanol–water partition coefficient (Wildman–Crippen LogP) is 6.06. The van der Waals surface area contributed by atoms with E-state index in [1.807, 2.05) is 0 Å². The van der Waals surface area contributed by atoms with Crippen molar-refractivity contribution in [1.29, 1.82) is 0 Å². The molecule has 3 aromatic rings. The Bertz CT molecular complexity index is 1020. The van der Waals surface area contributed by atoms with Crippen molar-refractivity contribution in [3.8, 4) is 0 Å². The van der Waals surface area contributed by atoms with Crippen LogP contribution in [0.4, 0.5) is 0 Å². The molecule has 28 heavy (non-hydrogen) atoms. The Morgan fingerprint density at radius 3 is 1.61 bits per heavy atom. The van der Waals surface area contributed by atoms with Crippen molar-refractivity contribution in [3.05, 3.63) is 118 Å². The minimum atomic E-state index is 0.103. The van der Waals surface area contributed by atoms with Gasteiger partial charge in [-0.2, -0.15) is 0 Å². The third-order valence-corrected chi connectivity index (χ3v) is 6.74. The highest BCUT2D eigenvalue weighted by atomic mass is 28.1. The highest BCUT2D eigenvalue weighted by Gasteiger charge is 2.37. The van der Waals surface area contributed by atoms with Crippen molar-refractivity contribution in [3.63, 3.8) is 0 Å². The first kappa shape index (κ1) is 18.7. The standard InChI is InChI=1S/C27H28Si/c1-27(2,3)25-23(20-15-9-5-10-16-20)22(19-13-7-4-8-14-19)24(26(25)28)21-17-11-6-12-18-21/h4-18,24H,1-3,28H3. The maximum atomic E-state index is 2.36. The summed E-state index contributed by atoms with van der Waals surface area (Å²) in [7, 11) is 1.05. The van der Waals surface area contributed by atoms with Crippen LogP contribution in [0.25, 0.3) is 11.1 Å². The second kappa shape index (κ2) is 7.41. The van der Waals surface area contributed by atoms with Gasteiger partial charge in [0, 0.05) is 16.2 Å². The Balaban J connectivity index is 2.08. The van der Waals surface area contributed by atoms with E-state index in [-0.39, 0.29) is 5.41 Å². The predicted molar refractivity (Wildman–Crippen MR) is 125 cm³/mol. The number of hydrogen-bond donors (Lipinski definition) is 0. The molecule has 0 aliphatic heterocycles. The van der Waals surface area contributed by atoms with Gasteiger partial charge in [-0.1, -0.05) is 117 Å². The molecule has 1 unspecified atom stereocenters. The van der Waals surface area contributed by atoms with E-state index in [9.17, 15) is 0 Å². The van der Waals surface area contributed by atoms with Crippen LogP contribution in [-0.2, 0) is 0 Å². The smallest absolute Gasteiger partial charge is 0.0349 e. The van der Waals surface area contributed by atoms with Gasteiger partial charge in [-0.3, -0.25) is 0 Å². The van der Waals surface area contributed by atoms with Gasteiger partial charge in [0.05, 0.1) is 0 Å². The number of benzene rings is 3. The number of hydrogen-bond acceptors (Lipinski definition) is 0. The molecule has 1 atom stereocenters. The molecule has 0 fully saturated rings. The van der Waals surface area contributed by atoms with Gasteiger partial charge in [0.2, 0.25) is 0 Å². The molecule has 4 rings (SSSR count). The molecule has 0 amide bonds. The lowest BCUT2D eigenvalue weighted by atomic mass is 9.79. The molecule has 1 heteroatoms. The second-order valence-electron chi connectivity index (χ2n) is 8.67.